The minimum atomic E-state index is -0.921. The van der Waals surface area contributed by atoms with Gasteiger partial charge in [0.2, 0.25) is 0 Å². The highest BCUT2D eigenvalue weighted by Crippen LogP contribution is 2.14. The molecule has 0 aliphatic heterocycles. The van der Waals surface area contributed by atoms with Crippen LogP contribution in [0.2, 0.25) is 0 Å². The molecule has 18 heavy (non-hydrogen) atoms. The molecule has 2 aromatic rings. The van der Waals surface area contributed by atoms with Crippen LogP contribution in [0.25, 0.3) is 11.1 Å². The van der Waals surface area contributed by atoms with Gasteiger partial charge in [-0.15, -0.1) is 0 Å². The Kier molecular flexibility index (Phi) is 3.27. The van der Waals surface area contributed by atoms with Crippen LogP contribution in [-0.2, 0) is 4.79 Å². The number of benzene rings is 1. The number of carbonyl (C=O) groups excluding carboxylic acids is 1. The number of carboxylic acid groups (broad SMARTS) is 1. The van der Waals surface area contributed by atoms with E-state index in [2.05, 4.69) is 4.98 Å². The second kappa shape index (κ2) is 4.87. The third-order valence-electron chi connectivity index (χ3n) is 2.54. The van der Waals surface area contributed by atoms with E-state index in [1.807, 2.05) is 0 Å². The summed E-state index contributed by atoms with van der Waals surface area (Å²) in [5, 5.41) is 8.48. The zero-order chi connectivity index (χ0) is 13.1. The topological polar surface area (TPSA) is 100 Å². The number of hydrogen-bond donors (Lipinski definition) is 2. The summed E-state index contributed by atoms with van der Waals surface area (Å²) in [4.78, 5) is 35.5. The lowest BCUT2D eigenvalue weighted by Crippen LogP contribution is -2.01. The van der Waals surface area contributed by atoms with Crippen molar-refractivity contribution >= 4 is 22.9 Å². The molecule has 1 heterocycles. The van der Waals surface area contributed by atoms with Crippen molar-refractivity contribution in [2.45, 2.75) is 19.3 Å². The summed E-state index contributed by atoms with van der Waals surface area (Å²) in [6.07, 6.45) is 0.420. The third kappa shape index (κ3) is 2.65. The molecule has 0 amide bonds. The van der Waals surface area contributed by atoms with E-state index in [1.54, 1.807) is 12.1 Å². The summed E-state index contributed by atoms with van der Waals surface area (Å²) < 4.78 is 4.84. The van der Waals surface area contributed by atoms with Crippen LogP contribution in [0.3, 0.4) is 0 Å². The highest BCUT2D eigenvalue weighted by Gasteiger charge is 2.09. The van der Waals surface area contributed by atoms with E-state index >= 15 is 0 Å². The fourth-order valence-corrected chi connectivity index (χ4v) is 1.66. The lowest BCUT2D eigenvalue weighted by atomic mass is 10.1. The molecule has 1 aromatic heterocycles. The van der Waals surface area contributed by atoms with Gasteiger partial charge in [-0.1, -0.05) is 0 Å². The number of H-pyrrole nitrogens is 1. The number of carbonyl (C=O) groups is 2. The van der Waals surface area contributed by atoms with Crippen molar-refractivity contribution in [1.82, 2.24) is 4.98 Å². The summed E-state index contributed by atoms with van der Waals surface area (Å²) >= 11 is 0. The molecule has 0 aliphatic carbocycles. The Hall–Kier alpha value is -2.37. The average molecular weight is 249 g/mol. The number of hydrogen-bond acceptors (Lipinski definition) is 4. The number of fused-ring (bicyclic) bond motifs is 1. The Bertz CT molecular complexity index is 652. The predicted octanol–water partition coefficient (Wildman–Crippen LogP) is 1.56. The summed E-state index contributed by atoms with van der Waals surface area (Å²) in [5.41, 5.74) is 1.27. The second-order valence-electron chi connectivity index (χ2n) is 3.90. The van der Waals surface area contributed by atoms with Gasteiger partial charge < -0.3 is 9.52 Å². The molecule has 94 valence electrons. The second-order valence-corrected chi connectivity index (χ2v) is 3.90. The van der Waals surface area contributed by atoms with Gasteiger partial charge in [0.1, 0.15) is 0 Å². The van der Waals surface area contributed by atoms with Gasteiger partial charge in [-0.3, -0.25) is 14.6 Å². The van der Waals surface area contributed by atoms with Crippen molar-refractivity contribution in [3.63, 3.8) is 0 Å². The molecule has 0 saturated carbocycles. The van der Waals surface area contributed by atoms with E-state index in [4.69, 9.17) is 9.52 Å². The van der Waals surface area contributed by atoms with Gasteiger partial charge in [-0.2, -0.15) is 0 Å². The van der Waals surface area contributed by atoms with Crippen LogP contribution in [-0.4, -0.2) is 21.8 Å². The van der Waals surface area contributed by atoms with Crippen molar-refractivity contribution in [1.29, 1.82) is 0 Å². The Morgan fingerprint density at radius 2 is 2.06 bits per heavy atom. The van der Waals surface area contributed by atoms with E-state index in [1.165, 1.54) is 6.07 Å². The molecule has 2 rings (SSSR count). The molecule has 0 unspecified atom stereocenters. The first-order valence-electron chi connectivity index (χ1n) is 5.44. The zero-order valence-corrected chi connectivity index (χ0v) is 9.43. The van der Waals surface area contributed by atoms with Crippen LogP contribution >= 0.6 is 0 Å². The number of ketones is 1. The van der Waals surface area contributed by atoms with E-state index < -0.39 is 11.7 Å². The van der Waals surface area contributed by atoms with Gasteiger partial charge in [0, 0.05) is 18.4 Å². The number of aromatic nitrogens is 1. The van der Waals surface area contributed by atoms with Crippen LogP contribution < -0.4 is 5.76 Å². The molecule has 0 saturated heterocycles. The first kappa shape index (κ1) is 12.1. The van der Waals surface area contributed by atoms with Crippen molar-refractivity contribution in [2.75, 3.05) is 0 Å². The Morgan fingerprint density at radius 3 is 2.78 bits per heavy atom. The SMILES string of the molecule is O=C(O)CCCC(=O)c1ccc2[nH]c(=O)oc2c1. The number of oxazole rings is 1. The number of nitrogens with one attached hydrogen (secondary N) is 1. The number of Topliss-reactive ketones (excluding diaryl/α,β-unsaturated/α-hetero) is 1. The summed E-state index contributed by atoms with van der Waals surface area (Å²) in [7, 11) is 0. The van der Waals surface area contributed by atoms with Crippen LogP contribution in [0.4, 0.5) is 0 Å². The van der Waals surface area contributed by atoms with Gasteiger partial charge in [-0.05, 0) is 24.6 Å². The van der Waals surface area contributed by atoms with Crippen molar-refractivity contribution < 1.29 is 19.1 Å². The molecular weight excluding hydrogens is 238 g/mol. The lowest BCUT2D eigenvalue weighted by molar-refractivity contribution is -0.137. The molecule has 6 nitrogen and oxygen atoms in total. The molecule has 6 heteroatoms. The van der Waals surface area contributed by atoms with Gasteiger partial charge >= 0.3 is 11.7 Å². The largest absolute Gasteiger partial charge is 0.481 e. The molecule has 0 fully saturated rings. The number of aliphatic carboxylic acids is 1. The van der Waals surface area contributed by atoms with Gasteiger partial charge in [0.05, 0.1) is 5.52 Å². The maximum atomic E-state index is 11.8. The van der Waals surface area contributed by atoms with E-state index in [0.29, 0.717) is 23.1 Å². The average Bonchev–Trinajstić information content (AvgIpc) is 2.67. The van der Waals surface area contributed by atoms with Crippen LogP contribution in [0, 0.1) is 0 Å². The van der Waals surface area contributed by atoms with Crippen molar-refractivity contribution in [3.05, 3.63) is 34.3 Å². The maximum Gasteiger partial charge on any atom is 0.417 e. The fourth-order valence-electron chi connectivity index (χ4n) is 1.66. The number of aromatic amines is 1. The lowest BCUT2D eigenvalue weighted by Gasteiger charge is -1.99. The molecule has 0 radical (unpaired) electrons. The first-order valence-corrected chi connectivity index (χ1v) is 5.44. The van der Waals surface area contributed by atoms with Crippen molar-refractivity contribution in [3.8, 4) is 0 Å². The fraction of sp³-hybridized carbons (Fsp3) is 0.250. The molecule has 0 bridgehead atoms. The Balaban J connectivity index is 2.12. The zero-order valence-electron chi connectivity index (χ0n) is 9.43. The smallest absolute Gasteiger partial charge is 0.417 e. The van der Waals surface area contributed by atoms with E-state index in [9.17, 15) is 14.4 Å². The van der Waals surface area contributed by atoms with E-state index in [0.717, 1.165) is 0 Å². The number of carboxylic acids is 1. The standard InChI is InChI=1S/C12H11NO5/c14-9(2-1-3-11(15)16)7-4-5-8-10(6-7)18-12(17)13-8/h4-6H,1-3H2,(H,13,17)(H,15,16). The third-order valence-corrected chi connectivity index (χ3v) is 2.54. The molecular formula is C12H11NO5. The van der Waals surface area contributed by atoms with Crippen molar-refractivity contribution in [2.24, 2.45) is 0 Å². The normalized spacial score (nSPS) is 10.7. The van der Waals surface area contributed by atoms with Gasteiger partial charge in [-0.25, -0.2) is 4.79 Å². The maximum absolute atomic E-state index is 11.8. The molecule has 0 atom stereocenters. The monoisotopic (exact) mass is 249 g/mol. The Labute approximate surface area is 101 Å². The predicted molar refractivity (Wildman–Crippen MR) is 62.7 cm³/mol. The minimum absolute atomic E-state index is 0.0345. The minimum Gasteiger partial charge on any atom is -0.481 e. The molecule has 2 N–H and O–H groups in total. The summed E-state index contributed by atoms with van der Waals surface area (Å²) in [5.74, 6) is -1.66. The van der Waals surface area contributed by atoms with Gasteiger partial charge in [0.15, 0.2) is 11.4 Å². The van der Waals surface area contributed by atoms with Crippen LogP contribution in [0.5, 0.6) is 0 Å². The molecule has 0 aliphatic rings. The molecule has 0 spiro atoms. The van der Waals surface area contributed by atoms with E-state index in [-0.39, 0.29) is 18.6 Å². The van der Waals surface area contributed by atoms with Crippen LogP contribution in [0.15, 0.2) is 27.4 Å². The summed E-state index contributed by atoms with van der Waals surface area (Å²) in [6, 6.07) is 4.65. The quantitative estimate of drug-likeness (QED) is 0.783. The number of rotatable bonds is 5. The highest BCUT2D eigenvalue weighted by atomic mass is 16.4. The highest BCUT2D eigenvalue weighted by molar-refractivity contribution is 5.98. The Morgan fingerprint density at radius 1 is 1.28 bits per heavy atom. The molecule has 1 aromatic carbocycles. The summed E-state index contributed by atoms with van der Waals surface area (Å²) in [6.45, 7) is 0. The van der Waals surface area contributed by atoms with Crippen LogP contribution in [0.1, 0.15) is 29.6 Å². The first-order chi connectivity index (χ1) is 8.56. The van der Waals surface area contributed by atoms with Gasteiger partial charge in [0.25, 0.3) is 0 Å².